The number of hydrogen-bond acceptors (Lipinski definition) is 3. The summed E-state index contributed by atoms with van der Waals surface area (Å²) in [6.07, 6.45) is 2.60. The Balaban J connectivity index is 1.48. The van der Waals surface area contributed by atoms with E-state index in [0.29, 0.717) is 18.5 Å². The van der Waals surface area contributed by atoms with E-state index in [-0.39, 0.29) is 11.8 Å². The predicted octanol–water partition coefficient (Wildman–Crippen LogP) is 4.07. The third-order valence-electron chi connectivity index (χ3n) is 5.59. The summed E-state index contributed by atoms with van der Waals surface area (Å²) >= 11 is 0. The molecule has 6 heteroatoms. The molecule has 2 unspecified atom stereocenters. The SMILES string of the molecule is Cn1c(-c2ccc(NC(=O)C3CCCC(C(=O)O)C3)cc2)nc2ccccc21. The van der Waals surface area contributed by atoms with Gasteiger partial charge in [0.05, 0.1) is 17.0 Å². The van der Waals surface area contributed by atoms with Crippen molar-refractivity contribution in [1.29, 1.82) is 0 Å². The van der Waals surface area contributed by atoms with Crippen molar-refractivity contribution < 1.29 is 14.7 Å². The Labute approximate surface area is 163 Å². The summed E-state index contributed by atoms with van der Waals surface area (Å²) in [5.74, 6) is -0.680. The predicted molar refractivity (Wildman–Crippen MR) is 108 cm³/mol. The van der Waals surface area contributed by atoms with E-state index in [4.69, 9.17) is 4.98 Å². The average Bonchev–Trinajstić information content (AvgIpc) is 3.05. The topological polar surface area (TPSA) is 84.2 Å². The van der Waals surface area contributed by atoms with Crippen LogP contribution in [0, 0.1) is 11.8 Å². The fraction of sp³-hybridized carbons (Fsp3) is 0.318. The molecule has 4 rings (SSSR count). The van der Waals surface area contributed by atoms with Crippen molar-refractivity contribution in [3.63, 3.8) is 0 Å². The molecule has 1 aliphatic rings. The number of benzene rings is 2. The normalized spacial score (nSPS) is 19.5. The smallest absolute Gasteiger partial charge is 0.306 e. The second kappa shape index (κ2) is 7.46. The van der Waals surface area contributed by atoms with Crippen LogP contribution >= 0.6 is 0 Å². The first-order chi connectivity index (χ1) is 13.5. The van der Waals surface area contributed by atoms with Gasteiger partial charge in [-0.1, -0.05) is 18.6 Å². The minimum absolute atomic E-state index is 0.0959. The largest absolute Gasteiger partial charge is 0.481 e. The van der Waals surface area contributed by atoms with Gasteiger partial charge in [0.15, 0.2) is 0 Å². The van der Waals surface area contributed by atoms with E-state index in [1.54, 1.807) is 0 Å². The molecule has 0 spiro atoms. The molecule has 0 aliphatic heterocycles. The number of amides is 1. The van der Waals surface area contributed by atoms with Gasteiger partial charge in [0.1, 0.15) is 5.82 Å². The molecule has 3 aromatic rings. The molecule has 1 aliphatic carbocycles. The molecule has 28 heavy (non-hydrogen) atoms. The highest BCUT2D eigenvalue weighted by molar-refractivity contribution is 5.93. The summed E-state index contributed by atoms with van der Waals surface area (Å²) in [5, 5.41) is 12.1. The first kappa shape index (κ1) is 18.2. The number of para-hydroxylation sites is 2. The van der Waals surface area contributed by atoms with Crippen molar-refractivity contribution in [3.05, 3.63) is 48.5 Å². The summed E-state index contributed by atoms with van der Waals surface area (Å²) in [6, 6.07) is 15.6. The lowest BCUT2D eigenvalue weighted by atomic mass is 9.81. The van der Waals surface area contributed by atoms with Crippen LogP contribution in [0.4, 0.5) is 5.69 Å². The van der Waals surface area contributed by atoms with Gasteiger partial charge >= 0.3 is 5.97 Å². The van der Waals surface area contributed by atoms with Gasteiger partial charge in [0.2, 0.25) is 5.91 Å². The third kappa shape index (κ3) is 3.50. The van der Waals surface area contributed by atoms with Crippen LogP contribution in [0.3, 0.4) is 0 Å². The summed E-state index contributed by atoms with van der Waals surface area (Å²) < 4.78 is 2.05. The van der Waals surface area contributed by atoms with Crippen LogP contribution in [0.2, 0.25) is 0 Å². The van der Waals surface area contributed by atoms with E-state index < -0.39 is 11.9 Å². The quantitative estimate of drug-likeness (QED) is 0.718. The zero-order chi connectivity index (χ0) is 19.7. The number of carbonyl (C=O) groups excluding carboxylic acids is 1. The van der Waals surface area contributed by atoms with Gasteiger partial charge in [-0.2, -0.15) is 0 Å². The van der Waals surface area contributed by atoms with E-state index in [1.807, 2.05) is 55.6 Å². The number of rotatable bonds is 4. The monoisotopic (exact) mass is 377 g/mol. The van der Waals surface area contributed by atoms with Crippen molar-refractivity contribution in [3.8, 4) is 11.4 Å². The van der Waals surface area contributed by atoms with Crippen LogP contribution < -0.4 is 5.32 Å². The molecule has 2 aromatic carbocycles. The standard InChI is InChI=1S/C22H23N3O3/c1-25-19-8-3-2-7-18(19)24-20(25)14-9-11-17(12-10-14)23-21(26)15-5-4-6-16(13-15)22(27)28/h2-3,7-12,15-16H,4-6,13H2,1H3,(H,23,26)(H,27,28). The minimum Gasteiger partial charge on any atom is -0.481 e. The number of anilines is 1. The maximum Gasteiger partial charge on any atom is 0.306 e. The van der Waals surface area contributed by atoms with Crippen LogP contribution in [-0.4, -0.2) is 26.5 Å². The maximum atomic E-state index is 12.5. The molecule has 2 N–H and O–H groups in total. The van der Waals surface area contributed by atoms with Crippen molar-refractivity contribution >= 4 is 28.6 Å². The number of nitrogens with one attached hydrogen (secondary N) is 1. The van der Waals surface area contributed by atoms with Crippen LogP contribution in [0.25, 0.3) is 22.4 Å². The number of carboxylic acid groups (broad SMARTS) is 1. The lowest BCUT2D eigenvalue weighted by molar-refractivity contribution is -0.143. The Morgan fingerprint density at radius 2 is 1.79 bits per heavy atom. The van der Waals surface area contributed by atoms with E-state index >= 15 is 0 Å². The molecule has 144 valence electrons. The lowest BCUT2D eigenvalue weighted by Crippen LogP contribution is -2.30. The second-order valence-electron chi connectivity index (χ2n) is 7.45. The zero-order valence-corrected chi connectivity index (χ0v) is 15.8. The average molecular weight is 377 g/mol. The summed E-state index contributed by atoms with van der Waals surface area (Å²) in [6.45, 7) is 0. The Hall–Kier alpha value is -3.15. The van der Waals surface area contributed by atoms with Crippen molar-refractivity contribution in [1.82, 2.24) is 9.55 Å². The number of carbonyl (C=O) groups is 2. The molecule has 0 radical (unpaired) electrons. The van der Waals surface area contributed by atoms with Gasteiger partial charge in [-0.05, 0) is 55.7 Å². The minimum atomic E-state index is -0.802. The number of hydrogen-bond donors (Lipinski definition) is 2. The number of aryl methyl sites for hydroxylation is 1. The van der Waals surface area contributed by atoms with Crippen LogP contribution in [-0.2, 0) is 16.6 Å². The molecule has 0 bridgehead atoms. The Morgan fingerprint density at radius 1 is 1.07 bits per heavy atom. The summed E-state index contributed by atoms with van der Waals surface area (Å²) in [7, 11) is 1.99. The highest BCUT2D eigenvalue weighted by Crippen LogP contribution is 2.30. The highest BCUT2D eigenvalue weighted by atomic mass is 16.4. The number of aromatic nitrogens is 2. The summed E-state index contributed by atoms with van der Waals surface area (Å²) in [4.78, 5) is 28.4. The maximum absolute atomic E-state index is 12.5. The van der Waals surface area contributed by atoms with Crippen molar-refractivity contribution in [2.24, 2.45) is 18.9 Å². The molecule has 6 nitrogen and oxygen atoms in total. The first-order valence-electron chi connectivity index (χ1n) is 9.58. The third-order valence-corrected chi connectivity index (χ3v) is 5.59. The highest BCUT2D eigenvalue weighted by Gasteiger charge is 2.31. The lowest BCUT2D eigenvalue weighted by Gasteiger charge is -2.25. The van der Waals surface area contributed by atoms with Crippen LogP contribution in [0.5, 0.6) is 0 Å². The molecule has 1 amide bonds. The number of aliphatic carboxylic acids is 1. The number of carboxylic acids is 1. The molecule has 1 heterocycles. The van der Waals surface area contributed by atoms with Crippen LogP contribution in [0.1, 0.15) is 25.7 Å². The molecular weight excluding hydrogens is 354 g/mol. The van der Waals surface area contributed by atoms with Gasteiger partial charge < -0.3 is 15.0 Å². The Bertz CT molecular complexity index is 1020. The van der Waals surface area contributed by atoms with E-state index in [9.17, 15) is 14.7 Å². The van der Waals surface area contributed by atoms with E-state index in [2.05, 4.69) is 9.88 Å². The van der Waals surface area contributed by atoms with Gasteiger partial charge in [0, 0.05) is 24.2 Å². The van der Waals surface area contributed by atoms with Gasteiger partial charge in [-0.25, -0.2) is 4.98 Å². The molecule has 1 fully saturated rings. The number of imidazole rings is 1. The van der Waals surface area contributed by atoms with Gasteiger partial charge in [-0.3, -0.25) is 9.59 Å². The van der Waals surface area contributed by atoms with Crippen LogP contribution in [0.15, 0.2) is 48.5 Å². The fourth-order valence-electron chi connectivity index (χ4n) is 4.00. The van der Waals surface area contributed by atoms with Crippen molar-refractivity contribution in [2.45, 2.75) is 25.7 Å². The molecular formula is C22H23N3O3. The van der Waals surface area contributed by atoms with E-state index in [1.165, 1.54) is 0 Å². The molecule has 2 atom stereocenters. The molecule has 1 saturated carbocycles. The Morgan fingerprint density at radius 3 is 2.50 bits per heavy atom. The number of fused-ring (bicyclic) bond motifs is 1. The second-order valence-corrected chi connectivity index (χ2v) is 7.45. The molecule has 1 aromatic heterocycles. The number of nitrogens with zero attached hydrogens (tertiary/aromatic N) is 2. The van der Waals surface area contributed by atoms with Gasteiger partial charge in [-0.15, -0.1) is 0 Å². The fourth-order valence-corrected chi connectivity index (χ4v) is 4.00. The molecule has 0 saturated heterocycles. The van der Waals surface area contributed by atoms with Crippen molar-refractivity contribution in [2.75, 3.05) is 5.32 Å². The van der Waals surface area contributed by atoms with Gasteiger partial charge in [0.25, 0.3) is 0 Å². The van der Waals surface area contributed by atoms with E-state index in [0.717, 1.165) is 35.3 Å². The Kier molecular flexibility index (Phi) is 4.86. The first-order valence-corrected chi connectivity index (χ1v) is 9.58. The zero-order valence-electron chi connectivity index (χ0n) is 15.8. The summed E-state index contributed by atoms with van der Waals surface area (Å²) in [5.41, 5.74) is 3.70.